The molecular formula is C20H24N2O3. The summed E-state index contributed by atoms with van der Waals surface area (Å²) in [7, 11) is 0. The van der Waals surface area contributed by atoms with Gasteiger partial charge in [-0.3, -0.25) is 9.59 Å². The van der Waals surface area contributed by atoms with E-state index in [-0.39, 0.29) is 12.6 Å². The van der Waals surface area contributed by atoms with Crippen molar-refractivity contribution in [1.29, 1.82) is 0 Å². The molecule has 0 aliphatic carbocycles. The Kier molecular flexibility index (Phi) is 6.17. The lowest BCUT2D eigenvalue weighted by Crippen LogP contribution is -2.34. The van der Waals surface area contributed by atoms with Gasteiger partial charge in [0.05, 0.1) is 6.10 Å². The number of ether oxygens (including phenoxy) is 1. The highest BCUT2D eigenvalue weighted by atomic mass is 16.5. The number of rotatable bonds is 5. The zero-order valence-electron chi connectivity index (χ0n) is 15.1. The Morgan fingerprint density at radius 2 is 1.64 bits per heavy atom. The second kappa shape index (κ2) is 8.33. The van der Waals surface area contributed by atoms with E-state index in [4.69, 9.17) is 4.74 Å². The van der Waals surface area contributed by atoms with Gasteiger partial charge in [0.2, 0.25) is 0 Å². The fraction of sp³-hybridized carbons (Fsp3) is 0.300. The van der Waals surface area contributed by atoms with Crippen LogP contribution in [-0.2, 0) is 16.1 Å². The van der Waals surface area contributed by atoms with Crippen LogP contribution in [0.3, 0.4) is 0 Å². The molecule has 0 unspecified atom stereocenters. The van der Waals surface area contributed by atoms with Gasteiger partial charge in [-0.15, -0.1) is 0 Å². The normalized spacial score (nSPS) is 10.4. The van der Waals surface area contributed by atoms with Crippen molar-refractivity contribution in [2.45, 2.75) is 40.3 Å². The second-order valence-electron chi connectivity index (χ2n) is 6.25. The quantitative estimate of drug-likeness (QED) is 0.820. The van der Waals surface area contributed by atoms with Crippen LogP contribution in [0.4, 0.5) is 5.69 Å². The van der Waals surface area contributed by atoms with E-state index >= 15 is 0 Å². The summed E-state index contributed by atoms with van der Waals surface area (Å²) in [6.07, 6.45) is 0.111. The molecule has 2 aromatic carbocycles. The van der Waals surface area contributed by atoms with E-state index in [1.807, 2.05) is 64.1 Å². The fourth-order valence-electron chi connectivity index (χ4n) is 2.23. The van der Waals surface area contributed by atoms with Gasteiger partial charge in [-0.25, -0.2) is 0 Å². The Morgan fingerprint density at radius 3 is 2.24 bits per heavy atom. The number of carbonyl (C=O) groups excluding carboxylic acids is 2. The SMILES string of the molecule is Cc1ccc(NC(=O)C(=O)NCc2ccc(OC(C)C)cc2)cc1C. The third-order valence-corrected chi connectivity index (χ3v) is 3.72. The van der Waals surface area contributed by atoms with Gasteiger partial charge in [0.15, 0.2) is 0 Å². The molecule has 5 nitrogen and oxygen atoms in total. The highest BCUT2D eigenvalue weighted by molar-refractivity contribution is 6.39. The van der Waals surface area contributed by atoms with Crippen molar-refractivity contribution in [2.24, 2.45) is 0 Å². The van der Waals surface area contributed by atoms with Gasteiger partial charge in [0.1, 0.15) is 5.75 Å². The summed E-state index contributed by atoms with van der Waals surface area (Å²) in [5.74, 6) is -0.568. The summed E-state index contributed by atoms with van der Waals surface area (Å²) >= 11 is 0. The highest BCUT2D eigenvalue weighted by Crippen LogP contribution is 2.15. The molecule has 0 saturated carbocycles. The van der Waals surface area contributed by atoms with E-state index in [9.17, 15) is 9.59 Å². The molecule has 0 fully saturated rings. The Labute approximate surface area is 148 Å². The zero-order valence-corrected chi connectivity index (χ0v) is 15.1. The van der Waals surface area contributed by atoms with Gasteiger partial charge < -0.3 is 15.4 Å². The number of amides is 2. The summed E-state index contributed by atoms with van der Waals surface area (Å²) in [6, 6.07) is 12.9. The zero-order chi connectivity index (χ0) is 18.4. The minimum Gasteiger partial charge on any atom is -0.491 e. The number of aryl methyl sites for hydroxylation is 2. The number of hydrogen-bond donors (Lipinski definition) is 2. The lowest BCUT2D eigenvalue weighted by Gasteiger charge is -2.11. The van der Waals surface area contributed by atoms with Gasteiger partial charge in [0, 0.05) is 12.2 Å². The molecular weight excluding hydrogens is 316 g/mol. The van der Waals surface area contributed by atoms with E-state index in [0.29, 0.717) is 5.69 Å². The predicted octanol–water partition coefficient (Wildman–Crippen LogP) is 3.35. The minimum atomic E-state index is -0.678. The molecule has 25 heavy (non-hydrogen) atoms. The van der Waals surface area contributed by atoms with Crippen LogP contribution in [0.2, 0.25) is 0 Å². The van der Waals surface area contributed by atoms with Crippen LogP contribution in [0.1, 0.15) is 30.5 Å². The van der Waals surface area contributed by atoms with Crippen LogP contribution < -0.4 is 15.4 Å². The lowest BCUT2D eigenvalue weighted by atomic mass is 10.1. The molecule has 0 atom stereocenters. The van der Waals surface area contributed by atoms with Crippen molar-refractivity contribution in [3.8, 4) is 5.75 Å². The molecule has 0 heterocycles. The molecule has 2 rings (SSSR count). The van der Waals surface area contributed by atoms with E-state index in [2.05, 4.69) is 10.6 Å². The van der Waals surface area contributed by atoms with E-state index in [1.165, 1.54) is 0 Å². The fourth-order valence-corrected chi connectivity index (χ4v) is 2.23. The van der Waals surface area contributed by atoms with Crippen molar-refractivity contribution in [3.05, 3.63) is 59.2 Å². The largest absolute Gasteiger partial charge is 0.491 e. The predicted molar refractivity (Wildman–Crippen MR) is 98.6 cm³/mol. The lowest BCUT2D eigenvalue weighted by molar-refractivity contribution is -0.136. The summed E-state index contributed by atoms with van der Waals surface area (Å²) in [6.45, 7) is 8.15. The van der Waals surface area contributed by atoms with Crippen molar-refractivity contribution in [3.63, 3.8) is 0 Å². The number of nitrogens with one attached hydrogen (secondary N) is 2. The topological polar surface area (TPSA) is 67.4 Å². The standard InChI is InChI=1S/C20H24N2O3/c1-13(2)25-18-9-6-16(7-10-18)12-21-19(23)20(24)22-17-8-5-14(3)15(4)11-17/h5-11,13H,12H2,1-4H3,(H,21,23)(H,22,24). The Morgan fingerprint density at radius 1 is 0.960 bits per heavy atom. The minimum absolute atomic E-state index is 0.111. The van der Waals surface area contributed by atoms with Crippen molar-refractivity contribution in [1.82, 2.24) is 5.32 Å². The first kappa shape index (κ1) is 18.5. The van der Waals surface area contributed by atoms with E-state index in [1.54, 1.807) is 6.07 Å². The Hall–Kier alpha value is -2.82. The first-order valence-corrected chi connectivity index (χ1v) is 8.27. The van der Waals surface area contributed by atoms with Crippen LogP contribution in [0.5, 0.6) is 5.75 Å². The Bertz CT molecular complexity index is 752. The van der Waals surface area contributed by atoms with Crippen LogP contribution in [0.25, 0.3) is 0 Å². The van der Waals surface area contributed by atoms with E-state index in [0.717, 1.165) is 22.4 Å². The highest BCUT2D eigenvalue weighted by Gasteiger charge is 2.13. The molecule has 0 saturated heterocycles. The summed E-state index contributed by atoms with van der Waals surface area (Å²) < 4.78 is 5.57. The van der Waals surface area contributed by atoms with Gasteiger partial charge in [-0.05, 0) is 68.7 Å². The first-order chi connectivity index (χ1) is 11.8. The van der Waals surface area contributed by atoms with Crippen molar-refractivity contribution < 1.29 is 14.3 Å². The van der Waals surface area contributed by atoms with Crippen LogP contribution in [-0.4, -0.2) is 17.9 Å². The smallest absolute Gasteiger partial charge is 0.313 e. The third kappa shape index (κ3) is 5.64. The number of carbonyl (C=O) groups is 2. The monoisotopic (exact) mass is 340 g/mol. The number of anilines is 1. The Balaban J connectivity index is 1.86. The van der Waals surface area contributed by atoms with Crippen molar-refractivity contribution >= 4 is 17.5 Å². The molecule has 2 N–H and O–H groups in total. The van der Waals surface area contributed by atoms with Crippen molar-refractivity contribution in [2.75, 3.05) is 5.32 Å². The molecule has 0 spiro atoms. The van der Waals surface area contributed by atoms with Crippen LogP contribution in [0, 0.1) is 13.8 Å². The summed E-state index contributed by atoms with van der Waals surface area (Å²) in [5.41, 5.74) is 3.69. The van der Waals surface area contributed by atoms with Crippen LogP contribution in [0.15, 0.2) is 42.5 Å². The molecule has 0 aliphatic heterocycles. The van der Waals surface area contributed by atoms with E-state index < -0.39 is 11.8 Å². The molecule has 0 radical (unpaired) electrons. The maximum atomic E-state index is 12.0. The average Bonchev–Trinajstić information content (AvgIpc) is 2.56. The van der Waals surface area contributed by atoms with Gasteiger partial charge in [-0.1, -0.05) is 18.2 Å². The molecule has 2 amide bonds. The first-order valence-electron chi connectivity index (χ1n) is 8.27. The van der Waals surface area contributed by atoms with Gasteiger partial charge >= 0.3 is 11.8 Å². The molecule has 5 heteroatoms. The number of benzene rings is 2. The van der Waals surface area contributed by atoms with Crippen LogP contribution >= 0.6 is 0 Å². The average molecular weight is 340 g/mol. The molecule has 132 valence electrons. The molecule has 2 aromatic rings. The molecule has 0 bridgehead atoms. The third-order valence-electron chi connectivity index (χ3n) is 3.72. The summed E-state index contributed by atoms with van der Waals surface area (Å²) in [5, 5.41) is 5.22. The molecule has 0 aliphatic rings. The molecule has 0 aromatic heterocycles. The van der Waals surface area contributed by atoms with Gasteiger partial charge in [0.25, 0.3) is 0 Å². The van der Waals surface area contributed by atoms with Gasteiger partial charge in [-0.2, -0.15) is 0 Å². The maximum Gasteiger partial charge on any atom is 0.313 e. The maximum absolute atomic E-state index is 12.0. The number of hydrogen-bond acceptors (Lipinski definition) is 3. The summed E-state index contributed by atoms with van der Waals surface area (Å²) in [4.78, 5) is 23.9. The second-order valence-corrected chi connectivity index (χ2v) is 6.25.